The SMILES string of the molecule is CC(C)(C)C(N)=O.O. The molecule has 0 atom stereocenters. The van der Waals surface area contributed by atoms with Crippen molar-refractivity contribution in [3.8, 4) is 0 Å². The van der Waals surface area contributed by atoms with Gasteiger partial charge in [0.25, 0.3) is 0 Å². The second-order valence-corrected chi connectivity index (χ2v) is 2.61. The lowest BCUT2D eigenvalue weighted by molar-refractivity contribution is -0.125. The molecule has 0 saturated carbocycles. The first-order chi connectivity index (χ1) is 2.94. The number of carbonyl (C=O) groups excluding carboxylic acids is 1. The van der Waals surface area contributed by atoms with Gasteiger partial charge in [-0.15, -0.1) is 0 Å². The Bertz CT molecular complexity index is 82.9. The number of hydrogen-bond acceptors (Lipinski definition) is 1. The normalized spacial score (nSPS) is 9.88. The molecule has 0 aliphatic carbocycles. The Kier molecular flexibility index (Phi) is 3.47. The first-order valence-electron chi connectivity index (χ1n) is 2.24. The third kappa shape index (κ3) is 3.61. The molecule has 0 rings (SSSR count). The van der Waals surface area contributed by atoms with Crippen molar-refractivity contribution in [2.24, 2.45) is 11.1 Å². The zero-order valence-electron chi connectivity index (χ0n) is 5.49. The van der Waals surface area contributed by atoms with Crippen molar-refractivity contribution in [3.05, 3.63) is 0 Å². The summed E-state index contributed by atoms with van der Waals surface area (Å²) < 4.78 is 0. The number of nitrogens with two attached hydrogens (primary N) is 1. The van der Waals surface area contributed by atoms with Gasteiger partial charge < -0.3 is 11.2 Å². The van der Waals surface area contributed by atoms with Crippen molar-refractivity contribution in [2.45, 2.75) is 20.8 Å². The predicted molar refractivity (Wildman–Crippen MR) is 32.3 cm³/mol. The Morgan fingerprint density at radius 1 is 1.38 bits per heavy atom. The zero-order chi connectivity index (χ0) is 6.08. The lowest BCUT2D eigenvalue weighted by Crippen LogP contribution is -2.27. The van der Waals surface area contributed by atoms with Crippen LogP contribution in [0.4, 0.5) is 0 Å². The summed E-state index contributed by atoms with van der Waals surface area (Å²) >= 11 is 0. The largest absolute Gasteiger partial charge is 0.412 e. The van der Waals surface area contributed by atoms with Crippen LogP contribution in [0.5, 0.6) is 0 Å². The van der Waals surface area contributed by atoms with Crippen molar-refractivity contribution in [1.82, 2.24) is 0 Å². The lowest BCUT2D eigenvalue weighted by Gasteiger charge is -2.10. The summed E-state index contributed by atoms with van der Waals surface area (Å²) in [5.41, 5.74) is 4.57. The van der Waals surface area contributed by atoms with Crippen LogP contribution in [0.1, 0.15) is 20.8 Å². The van der Waals surface area contributed by atoms with Crippen molar-refractivity contribution < 1.29 is 10.3 Å². The fourth-order valence-electron chi connectivity index (χ4n) is 0. The zero-order valence-corrected chi connectivity index (χ0v) is 5.49. The predicted octanol–water partition coefficient (Wildman–Crippen LogP) is -0.307. The van der Waals surface area contributed by atoms with Crippen LogP contribution >= 0.6 is 0 Å². The molecule has 3 nitrogen and oxygen atoms in total. The van der Waals surface area contributed by atoms with Crippen LogP contribution in [0.25, 0.3) is 0 Å². The summed E-state index contributed by atoms with van der Waals surface area (Å²) in [6.45, 7) is 5.36. The van der Waals surface area contributed by atoms with Crippen LogP contribution in [0.15, 0.2) is 0 Å². The van der Waals surface area contributed by atoms with Gasteiger partial charge in [0.2, 0.25) is 5.91 Å². The Morgan fingerprint density at radius 2 is 1.50 bits per heavy atom. The van der Waals surface area contributed by atoms with E-state index in [-0.39, 0.29) is 16.8 Å². The summed E-state index contributed by atoms with van der Waals surface area (Å²) in [4.78, 5) is 10.2. The van der Waals surface area contributed by atoms with Crippen LogP contribution in [0.2, 0.25) is 0 Å². The standard InChI is InChI=1S/C5H11NO.H2O/c1-5(2,3)4(6)7;/h1-3H3,(H2,6,7);1H2. The number of primary amides is 1. The molecule has 0 aromatic carbocycles. The van der Waals surface area contributed by atoms with Gasteiger partial charge in [0.05, 0.1) is 0 Å². The van der Waals surface area contributed by atoms with E-state index in [4.69, 9.17) is 5.73 Å². The third-order valence-corrected chi connectivity index (χ3v) is 0.739. The molecule has 4 N–H and O–H groups in total. The van der Waals surface area contributed by atoms with Gasteiger partial charge in [-0.2, -0.15) is 0 Å². The van der Waals surface area contributed by atoms with Crippen molar-refractivity contribution in [2.75, 3.05) is 0 Å². The number of carbonyl (C=O) groups is 1. The highest BCUT2D eigenvalue weighted by atomic mass is 16.1. The lowest BCUT2D eigenvalue weighted by atomic mass is 9.96. The van der Waals surface area contributed by atoms with Crippen LogP contribution in [-0.2, 0) is 4.79 Å². The molecule has 0 spiro atoms. The Labute approximate surface area is 49.2 Å². The Morgan fingerprint density at radius 3 is 1.50 bits per heavy atom. The van der Waals surface area contributed by atoms with E-state index in [1.54, 1.807) is 20.8 Å². The highest BCUT2D eigenvalue weighted by molar-refractivity contribution is 5.79. The summed E-state index contributed by atoms with van der Waals surface area (Å²) in [7, 11) is 0. The van der Waals surface area contributed by atoms with Crippen LogP contribution < -0.4 is 5.73 Å². The van der Waals surface area contributed by atoms with Gasteiger partial charge in [0, 0.05) is 5.41 Å². The Balaban J connectivity index is 0. The molecule has 50 valence electrons. The minimum atomic E-state index is -0.361. The van der Waals surface area contributed by atoms with E-state index in [0.29, 0.717) is 0 Å². The molecule has 0 aromatic rings. The fraction of sp³-hybridized carbons (Fsp3) is 0.800. The molecule has 0 aliphatic rings. The minimum absolute atomic E-state index is 0. The maximum atomic E-state index is 10.2. The van der Waals surface area contributed by atoms with Gasteiger partial charge >= 0.3 is 0 Å². The van der Waals surface area contributed by atoms with Gasteiger partial charge in [-0.3, -0.25) is 4.79 Å². The second-order valence-electron chi connectivity index (χ2n) is 2.61. The molecule has 0 bridgehead atoms. The number of rotatable bonds is 0. The average molecular weight is 119 g/mol. The molecule has 0 heterocycles. The van der Waals surface area contributed by atoms with E-state index < -0.39 is 0 Å². The molecular weight excluding hydrogens is 106 g/mol. The van der Waals surface area contributed by atoms with E-state index in [2.05, 4.69) is 0 Å². The average Bonchev–Trinajstić information content (AvgIpc) is 1.31. The summed E-state index contributed by atoms with van der Waals surface area (Å²) in [5, 5.41) is 0. The topological polar surface area (TPSA) is 74.6 Å². The van der Waals surface area contributed by atoms with Crippen LogP contribution in [0.3, 0.4) is 0 Å². The Hall–Kier alpha value is -0.570. The van der Waals surface area contributed by atoms with Gasteiger partial charge in [-0.1, -0.05) is 20.8 Å². The van der Waals surface area contributed by atoms with E-state index >= 15 is 0 Å². The van der Waals surface area contributed by atoms with E-state index in [1.807, 2.05) is 0 Å². The molecule has 0 aromatic heterocycles. The molecule has 0 radical (unpaired) electrons. The smallest absolute Gasteiger partial charge is 0.222 e. The van der Waals surface area contributed by atoms with Gasteiger partial charge in [-0.05, 0) is 0 Å². The first-order valence-corrected chi connectivity index (χ1v) is 2.24. The van der Waals surface area contributed by atoms with E-state index in [0.717, 1.165) is 0 Å². The quantitative estimate of drug-likeness (QED) is 0.466. The third-order valence-electron chi connectivity index (χ3n) is 0.739. The van der Waals surface area contributed by atoms with E-state index in [9.17, 15) is 4.79 Å². The van der Waals surface area contributed by atoms with E-state index in [1.165, 1.54) is 0 Å². The minimum Gasteiger partial charge on any atom is -0.412 e. The summed E-state index contributed by atoms with van der Waals surface area (Å²) in [5.74, 6) is -0.257. The summed E-state index contributed by atoms with van der Waals surface area (Å²) in [6, 6.07) is 0. The highest BCUT2D eigenvalue weighted by Gasteiger charge is 2.16. The van der Waals surface area contributed by atoms with Crippen LogP contribution in [0, 0.1) is 5.41 Å². The molecular formula is C5H13NO2. The van der Waals surface area contributed by atoms with Crippen LogP contribution in [-0.4, -0.2) is 11.4 Å². The molecule has 1 amide bonds. The van der Waals surface area contributed by atoms with Gasteiger partial charge in [0.15, 0.2) is 0 Å². The van der Waals surface area contributed by atoms with Gasteiger partial charge in [-0.25, -0.2) is 0 Å². The maximum Gasteiger partial charge on any atom is 0.222 e. The maximum absolute atomic E-state index is 10.2. The highest BCUT2D eigenvalue weighted by Crippen LogP contribution is 2.09. The molecule has 0 saturated heterocycles. The molecule has 3 heteroatoms. The van der Waals surface area contributed by atoms with Crippen molar-refractivity contribution in [1.29, 1.82) is 0 Å². The molecule has 0 unspecified atom stereocenters. The first kappa shape index (κ1) is 10.4. The molecule has 8 heavy (non-hydrogen) atoms. The fourth-order valence-corrected chi connectivity index (χ4v) is 0. The van der Waals surface area contributed by atoms with Crippen molar-refractivity contribution >= 4 is 5.91 Å². The molecule has 0 aliphatic heterocycles. The van der Waals surface area contributed by atoms with Gasteiger partial charge in [0.1, 0.15) is 0 Å². The number of amides is 1. The van der Waals surface area contributed by atoms with Crippen molar-refractivity contribution in [3.63, 3.8) is 0 Å². The molecule has 0 fully saturated rings. The monoisotopic (exact) mass is 119 g/mol. The number of hydrogen-bond donors (Lipinski definition) is 1. The summed E-state index contributed by atoms with van der Waals surface area (Å²) in [6.07, 6.45) is 0. The second kappa shape index (κ2) is 2.67.